The normalized spacial score (nSPS) is 20.6. The summed E-state index contributed by atoms with van der Waals surface area (Å²) in [5.41, 5.74) is 1.56. The number of likely N-dealkylation sites (tertiary alicyclic amines) is 1. The topological polar surface area (TPSA) is 110 Å². The molecule has 1 amide bonds. The summed E-state index contributed by atoms with van der Waals surface area (Å²) in [4.78, 5) is 35.7. The Morgan fingerprint density at radius 1 is 1.09 bits per heavy atom. The van der Waals surface area contributed by atoms with E-state index in [1.54, 1.807) is 19.4 Å². The molecule has 0 radical (unpaired) electrons. The molecule has 3 aromatic rings. The van der Waals surface area contributed by atoms with E-state index in [9.17, 15) is 22.4 Å². The number of nitrogens with one attached hydrogen (secondary N) is 1. The van der Waals surface area contributed by atoms with Gasteiger partial charge >= 0.3 is 5.69 Å². The predicted molar refractivity (Wildman–Crippen MR) is 166 cm³/mol. The molecule has 0 spiro atoms. The lowest BCUT2D eigenvalue weighted by Gasteiger charge is -2.34. The van der Waals surface area contributed by atoms with Gasteiger partial charge in [-0.3, -0.25) is 18.9 Å². The van der Waals surface area contributed by atoms with Gasteiger partial charge in [0.25, 0.3) is 5.91 Å². The summed E-state index contributed by atoms with van der Waals surface area (Å²) in [6.07, 6.45) is 11.1. The molecule has 1 saturated heterocycles. The molecule has 1 N–H and O–H groups in total. The van der Waals surface area contributed by atoms with Crippen molar-refractivity contribution >= 4 is 27.0 Å². The standard InChI is InChI=1S/C31H43FN6O4S/c1-21(2)35(3)30(39)26-19-23(32)7-10-27(26)38-29-20-33-15-11-28(29)37(31(38)40)25-13-17-36(18-14-25)16-12-22-5-8-24(9-6-22)34-43(4,41)42/h7,10-11,15,19-22,24-25,34H,5-6,8-9,12-14,16-18H2,1-4H3/t22-,24-. The van der Waals surface area contributed by atoms with Gasteiger partial charge in [-0.25, -0.2) is 22.3 Å². The van der Waals surface area contributed by atoms with Crippen molar-refractivity contribution in [2.45, 2.75) is 76.9 Å². The smallest absolute Gasteiger partial charge is 0.334 e. The minimum atomic E-state index is -3.16. The number of benzene rings is 1. The van der Waals surface area contributed by atoms with Crippen LogP contribution in [0.5, 0.6) is 0 Å². The van der Waals surface area contributed by atoms with Gasteiger partial charge < -0.3 is 9.80 Å². The molecular formula is C31H43FN6O4S. The maximum absolute atomic E-state index is 14.4. The van der Waals surface area contributed by atoms with Gasteiger partial charge in [0.1, 0.15) is 5.82 Å². The van der Waals surface area contributed by atoms with Crippen LogP contribution < -0.4 is 10.4 Å². The fraction of sp³-hybridized carbons (Fsp3) is 0.581. The van der Waals surface area contributed by atoms with Crippen LogP contribution >= 0.6 is 0 Å². The fourth-order valence-electron chi connectivity index (χ4n) is 6.59. The van der Waals surface area contributed by atoms with Crippen molar-refractivity contribution in [3.8, 4) is 5.69 Å². The Hall–Kier alpha value is -3.09. The number of amides is 1. The highest BCUT2D eigenvalue weighted by Gasteiger charge is 2.29. The van der Waals surface area contributed by atoms with Crippen molar-refractivity contribution in [1.29, 1.82) is 0 Å². The maximum atomic E-state index is 14.4. The SMILES string of the molecule is CC(C)N(C)C(=O)c1cc(F)ccc1-n1c(=O)n(C2CCN(CC[C@H]3CC[C@H](NS(C)(=O)=O)CC3)CC2)c2ccncc21. The summed E-state index contributed by atoms with van der Waals surface area (Å²) in [6, 6.07) is 5.77. The molecule has 1 saturated carbocycles. The number of piperidine rings is 1. The number of sulfonamides is 1. The number of hydrogen-bond acceptors (Lipinski definition) is 6. The van der Waals surface area contributed by atoms with Crippen molar-refractivity contribution < 1.29 is 17.6 Å². The van der Waals surface area contributed by atoms with Gasteiger partial charge in [0.05, 0.1) is 34.7 Å². The predicted octanol–water partition coefficient (Wildman–Crippen LogP) is 3.94. The Kier molecular flexibility index (Phi) is 9.38. The lowest BCUT2D eigenvalue weighted by atomic mass is 9.84. The number of nitrogens with zero attached hydrogens (tertiary/aromatic N) is 5. The first kappa shape index (κ1) is 31.3. The lowest BCUT2D eigenvalue weighted by molar-refractivity contribution is 0.0754. The number of rotatable bonds is 9. The molecular weight excluding hydrogens is 571 g/mol. The third-order valence-electron chi connectivity index (χ3n) is 9.20. The van der Waals surface area contributed by atoms with E-state index >= 15 is 0 Å². The number of imidazole rings is 1. The number of aromatic nitrogens is 3. The zero-order valence-electron chi connectivity index (χ0n) is 25.5. The van der Waals surface area contributed by atoms with Crippen LogP contribution in [0.2, 0.25) is 0 Å². The van der Waals surface area contributed by atoms with Gasteiger partial charge in [-0.2, -0.15) is 0 Å². The molecule has 1 aliphatic carbocycles. The molecule has 0 unspecified atom stereocenters. The Morgan fingerprint density at radius 3 is 2.44 bits per heavy atom. The number of carbonyl (C=O) groups excluding carboxylic acids is 1. The molecule has 10 nitrogen and oxygen atoms in total. The van der Waals surface area contributed by atoms with E-state index in [0.29, 0.717) is 17.1 Å². The highest BCUT2D eigenvalue weighted by atomic mass is 32.2. The second kappa shape index (κ2) is 12.9. The Bertz CT molecular complexity index is 1620. The second-order valence-corrected chi connectivity index (χ2v) is 14.3. The number of hydrogen-bond donors (Lipinski definition) is 1. The zero-order valence-corrected chi connectivity index (χ0v) is 26.3. The molecule has 2 aliphatic rings. The van der Waals surface area contributed by atoms with Crippen LogP contribution in [0.15, 0.2) is 41.5 Å². The zero-order chi connectivity index (χ0) is 30.9. The minimum absolute atomic E-state index is 0.00894. The van der Waals surface area contributed by atoms with Gasteiger partial charge in [0.2, 0.25) is 10.0 Å². The summed E-state index contributed by atoms with van der Waals surface area (Å²) in [6.45, 7) is 6.51. The van der Waals surface area contributed by atoms with Crippen LogP contribution in [-0.4, -0.2) is 83.3 Å². The molecule has 0 bridgehead atoms. The largest absolute Gasteiger partial charge is 0.339 e. The number of pyridine rings is 1. The van der Waals surface area contributed by atoms with E-state index in [4.69, 9.17) is 0 Å². The maximum Gasteiger partial charge on any atom is 0.334 e. The molecule has 2 aromatic heterocycles. The number of carbonyl (C=O) groups is 1. The second-order valence-electron chi connectivity index (χ2n) is 12.5. The third-order valence-corrected chi connectivity index (χ3v) is 9.97. The lowest BCUT2D eigenvalue weighted by Crippen LogP contribution is -2.40. The van der Waals surface area contributed by atoms with E-state index in [0.717, 1.165) is 70.1 Å². The number of halogens is 1. The molecule has 2 fully saturated rings. The van der Waals surface area contributed by atoms with Crippen LogP contribution in [-0.2, 0) is 10.0 Å². The highest BCUT2D eigenvalue weighted by Crippen LogP contribution is 2.31. The number of fused-ring (bicyclic) bond motifs is 1. The molecule has 0 atom stereocenters. The van der Waals surface area contributed by atoms with Crippen molar-refractivity contribution in [2.24, 2.45) is 5.92 Å². The van der Waals surface area contributed by atoms with E-state index in [-0.39, 0.29) is 35.3 Å². The van der Waals surface area contributed by atoms with E-state index in [2.05, 4.69) is 14.6 Å². The van der Waals surface area contributed by atoms with Crippen molar-refractivity contribution in [3.05, 3.63) is 58.5 Å². The molecule has 12 heteroatoms. The Labute approximate surface area is 252 Å². The van der Waals surface area contributed by atoms with Crippen molar-refractivity contribution in [2.75, 3.05) is 32.9 Å². The molecule has 234 valence electrons. The van der Waals surface area contributed by atoms with Crippen LogP contribution in [0.1, 0.15) is 75.2 Å². The Morgan fingerprint density at radius 2 is 1.79 bits per heavy atom. The first-order valence-corrected chi connectivity index (χ1v) is 17.2. The van der Waals surface area contributed by atoms with Crippen LogP contribution in [0.25, 0.3) is 16.7 Å². The molecule has 3 heterocycles. The minimum Gasteiger partial charge on any atom is -0.339 e. The van der Waals surface area contributed by atoms with Gasteiger partial charge in [-0.1, -0.05) is 0 Å². The molecule has 1 aromatic carbocycles. The summed E-state index contributed by atoms with van der Waals surface area (Å²) >= 11 is 0. The molecule has 1 aliphatic heterocycles. The summed E-state index contributed by atoms with van der Waals surface area (Å²) < 4.78 is 43.5. The van der Waals surface area contributed by atoms with E-state index in [1.807, 2.05) is 24.5 Å². The summed E-state index contributed by atoms with van der Waals surface area (Å²) in [5.74, 6) is -0.286. The van der Waals surface area contributed by atoms with Crippen LogP contribution in [0.4, 0.5) is 4.39 Å². The van der Waals surface area contributed by atoms with Gasteiger partial charge in [0, 0.05) is 44.5 Å². The van der Waals surface area contributed by atoms with Gasteiger partial charge in [-0.15, -0.1) is 0 Å². The van der Waals surface area contributed by atoms with E-state index < -0.39 is 15.8 Å². The van der Waals surface area contributed by atoms with Crippen molar-refractivity contribution in [1.82, 2.24) is 28.6 Å². The first-order valence-electron chi connectivity index (χ1n) is 15.3. The highest BCUT2D eigenvalue weighted by molar-refractivity contribution is 7.88. The monoisotopic (exact) mass is 614 g/mol. The fourth-order valence-corrected chi connectivity index (χ4v) is 7.43. The average molecular weight is 615 g/mol. The Balaban J connectivity index is 1.31. The summed E-state index contributed by atoms with van der Waals surface area (Å²) in [5, 5.41) is 0. The summed E-state index contributed by atoms with van der Waals surface area (Å²) in [7, 11) is -1.49. The van der Waals surface area contributed by atoms with Crippen LogP contribution in [0.3, 0.4) is 0 Å². The molecule has 43 heavy (non-hydrogen) atoms. The first-order chi connectivity index (χ1) is 20.4. The van der Waals surface area contributed by atoms with Gasteiger partial charge in [-0.05, 0) is 95.5 Å². The quantitative estimate of drug-likeness (QED) is 0.391. The molecule has 5 rings (SSSR count). The van der Waals surface area contributed by atoms with E-state index in [1.165, 1.54) is 33.9 Å². The average Bonchev–Trinajstić information content (AvgIpc) is 3.27. The van der Waals surface area contributed by atoms with Crippen LogP contribution in [0, 0.1) is 11.7 Å². The van der Waals surface area contributed by atoms with Crippen molar-refractivity contribution in [3.63, 3.8) is 0 Å². The third kappa shape index (κ3) is 7.02. The van der Waals surface area contributed by atoms with Gasteiger partial charge in [0.15, 0.2) is 0 Å².